The van der Waals surface area contributed by atoms with E-state index in [1.165, 1.54) is 17.0 Å². The Bertz CT molecular complexity index is 493. The summed E-state index contributed by atoms with van der Waals surface area (Å²) >= 11 is 3.02. The van der Waals surface area contributed by atoms with E-state index < -0.39 is 17.8 Å². The largest absolute Gasteiger partial charge is 0.481 e. The molecule has 104 valence electrons. The zero-order chi connectivity index (χ0) is 14.6. The minimum Gasteiger partial charge on any atom is -0.481 e. The van der Waals surface area contributed by atoms with Gasteiger partial charge < -0.3 is 10.0 Å². The Kier molecular flexibility index (Phi) is 5.47. The van der Waals surface area contributed by atoms with Gasteiger partial charge in [-0.25, -0.2) is 4.39 Å². The molecule has 0 aliphatic rings. The van der Waals surface area contributed by atoms with Gasteiger partial charge in [0.1, 0.15) is 5.82 Å². The maximum absolute atomic E-state index is 13.4. The van der Waals surface area contributed by atoms with Gasteiger partial charge in [0, 0.05) is 18.2 Å². The van der Waals surface area contributed by atoms with Crippen LogP contribution < -0.4 is 0 Å². The van der Waals surface area contributed by atoms with Crippen molar-refractivity contribution in [2.45, 2.75) is 26.3 Å². The third kappa shape index (κ3) is 4.02. The van der Waals surface area contributed by atoms with Crippen molar-refractivity contribution < 1.29 is 19.1 Å². The van der Waals surface area contributed by atoms with Gasteiger partial charge in [0.2, 0.25) is 0 Å². The molecule has 1 aromatic carbocycles. The van der Waals surface area contributed by atoms with Crippen molar-refractivity contribution in [3.63, 3.8) is 0 Å². The number of rotatable bonds is 5. The summed E-state index contributed by atoms with van der Waals surface area (Å²) in [5.74, 6) is -1.86. The summed E-state index contributed by atoms with van der Waals surface area (Å²) in [4.78, 5) is 24.3. The quantitative estimate of drug-likeness (QED) is 0.902. The summed E-state index contributed by atoms with van der Waals surface area (Å²) in [5.41, 5.74) is 0.208. The Labute approximate surface area is 119 Å². The van der Waals surface area contributed by atoms with Crippen molar-refractivity contribution in [3.8, 4) is 0 Å². The number of carboxylic acid groups (broad SMARTS) is 1. The molecule has 6 heteroatoms. The van der Waals surface area contributed by atoms with Crippen LogP contribution in [0, 0.1) is 5.82 Å². The Morgan fingerprint density at radius 3 is 2.58 bits per heavy atom. The van der Waals surface area contributed by atoms with Crippen LogP contribution in [0.5, 0.6) is 0 Å². The zero-order valence-corrected chi connectivity index (χ0v) is 12.3. The molecule has 1 rings (SSSR count). The second kappa shape index (κ2) is 6.65. The molecule has 1 aromatic rings. The molecule has 0 spiro atoms. The van der Waals surface area contributed by atoms with E-state index in [0.29, 0.717) is 6.54 Å². The van der Waals surface area contributed by atoms with Gasteiger partial charge >= 0.3 is 5.97 Å². The van der Waals surface area contributed by atoms with Crippen molar-refractivity contribution in [3.05, 3.63) is 34.1 Å². The molecule has 0 aromatic heterocycles. The van der Waals surface area contributed by atoms with Gasteiger partial charge in [-0.3, -0.25) is 9.59 Å². The highest BCUT2D eigenvalue weighted by atomic mass is 79.9. The Morgan fingerprint density at radius 2 is 2.11 bits per heavy atom. The standard InChI is InChI=1S/C13H15BrFNO3/c1-3-16(8(2)6-12(17)18)13(19)9-4-5-10(14)11(15)7-9/h4-5,7-8H,3,6H2,1-2H3,(H,17,18). The third-order valence-electron chi connectivity index (χ3n) is 2.77. The van der Waals surface area contributed by atoms with Crippen LogP contribution in [0.1, 0.15) is 30.6 Å². The molecule has 0 aliphatic heterocycles. The van der Waals surface area contributed by atoms with Crippen LogP contribution >= 0.6 is 15.9 Å². The molecular weight excluding hydrogens is 317 g/mol. The number of halogens is 2. The number of aliphatic carboxylic acids is 1. The van der Waals surface area contributed by atoms with Crippen molar-refractivity contribution >= 4 is 27.8 Å². The van der Waals surface area contributed by atoms with Crippen LogP contribution in [0.15, 0.2) is 22.7 Å². The maximum atomic E-state index is 13.4. The van der Waals surface area contributed by atoms with Gasteiger partial charge in [0.25, 0.3) is 5.91 Å². The maximum Gasteiger partial charge on any atom is 0.305 e. The van der Waals surface area contributed by atoms with E-state index >= 15 is 0 Å². The summed E-state index contributed by atoms with van der Waals surface area (Å²) in [6.07, 6.45) is -0.140. The lowest BCUT2D eigenvalue weighted by molar-refractivity contribution is -0.138. The minimum atomic E-state index is -0.972. The fourth-order valence-electron chi connectivity index (χ4n) is 1.81. The molecule has 0 radical (unpaired) electrons. The molecule has 1 N–H and O–H groups in total. The number of benzene rings is 1. The van der Waals surface area contributed by atoms with E-state index in [2.05, 4.69) is 15.9 Å². The lowest BCUT2D eigenvalue weighted by atomic mass is 10.1. The molecule has 0 heterocycles. The van der Waals surface area contributed by atoms with Gasteiger partial charge in [0.05, 0.1) is 10.9 Å². The summed E-state index contributed by atoms with van der Waals surface area (Å²) in [6.45, 7) is 3.78. The number of carbonyl (C=O) groups is 2. The van der Waals surface area contributed by atoms with Crippen LogP contribution in [-0.2, 0) is 4.79 Å². The number of hydrogen-bond donors (Lipinski definition) is 1. The van der Waals surface area contributed by atoms with Crippen LogP contribution in [0.3, 0.4) is 0 Å². The van der Waals surface area contributed by atoms with E-state index in [4.69, 9.17) is 5.11 Å². The Hall–Kier alpha value is -1.43. The summed E-state index contributed by atoms with van der Waals surface area (Å²) in [7, 11) is 0. The highest BCUT2D eigenvalue weighted by Gasteiger charge is 2.22. The lowest BCUT2D eigenvalue weighted by Gasteiger charge is -2.27. The summed E-state index contributed by atoms with van der Waals surface area (Å²) in [6, 6.07) is 3.66. The first-order chi connectivity index (χ1) is 8.86. The molecule has 1 atom stereocenters. The van der Waals surface area contributed by atoms with Gasteiger partial charge in [-0.1, -0.05) is 0 Å². The average molecular weight is 332 g/mol. The second-order valence-corrected chi connectivity index (χ2v) is 5.02. The second-order valence-electron chi connectivity index (χ2n) is 4.17. The van der Waals surface area contributed by atoms with Crippen molar-refractivity contribution in [2.24, 2.45) is 0 Å². The predicted molar refractivity (Wildman–Crippen MR) is 72.5 cm³/mol. The molecule has 4 nitrogen and oxygen atoms in total. The normalized spacial score (nSPS) is 12.0. The molecular formula is C13H15BrFNO3. The monoisotopic (exact) mass is 331 g/mol. The summed E-state index contributed by atoms with van der Waals surface area (Å²) in [5, 5.41) is 8.76. The van der Waals surface area contributed by atoms with E-state index in [1.807, 2.05) is 0 Å². The Balaban J connectivity index is 2.94. The van der Waals surface area contributed by atoms with E-state index in [9.17, 15) is 14.0 Å². The fourth-order valence-corrected chi connectivity index (χ4v) is 2.06. The first-order valence-electron chi connectivity index (χ1n) is 5.84. The number of hydrogen-bond acceptors (Lipinski definition) is 2. The van der Waals surface area contributed by atoms with Gasteiger partial charge in [-0.05, 0) is 48.0 Å². The van der Waals surface area contributed by atoms with Crippen molar-refractivity contribution in [1.29, 1.82) is 0 Å². The third-order valence-corrected chi connectivity index (χ3v) is 3.41. The Morgan fingerprint density at radius 1 is 1.47 bits per heavy atom. The predicted octanol–water partition coefficient (Wildman–Crippen LogP) is 2.91. The van der Waals surface area contributed by atoms with Crippen molar-refractivity contribution in [2.75, 3.05) is 6.54 Å². The van der Waals surface area contributed by atoms with Crippen LogP contribution in [0.2, 0.25) is 0 Å². The number of carboxylic acids is 1. The van der Waals surface area contributed by atoms with Gasteiger partial charge in [-0.2, -0.15) is 0 Å². The molecule has 0 bridgehead atoms. The van der Waals surface area contributed by atoms with E-state index in [-0.39, 0.29) is 22.4 Å². The number of nitrogens with zero attached hydrogens (tertiary/aromatic N) is 1. The number of carbonyl (C=O) groups excluding carboxylic acids is 1. The zero-order valence-electron chi connectivity index (χ0n) is 10.7. The van der Waals surface area contributed by atoms with Crippen LogP contribution in [0.25, 0.3) is 0 Å². The van der Waals surface area contributed by atoms with Gasteiger partial charge in [0.15, 0.2) is 0 Å². The molecule has 19 heavy (non-hydrogen) atoms. The van der Waals surface area contributed by atoms with Crippen LogP contribution in [-0.4, -0.2) is 34.5 Å². The smallest absolute Gasteiger partial charge is 0.305 e. The molecule has 0 saturated heterocycles. The van der Waals surface area contributed by atoms with Crippen molar-refractivity contribution in [1.82, 2.24) is 4.90 Å². The lowest BCUT2D eigenvalue weighted by Crippen LogP contribution is -2.39. The first kappa shape index (κ1) is 15.6. The first-order valence-corrected chi connectivity index (χ1v) is 6.64. The van der Waals surface area contributed by atoms with Crippen LogP contribution in [0.4, 0.5) is 4.39 Å². The molecule has 0 aliphatic carbocycles. The fraction of sp³-hybridized carbons (Fsp3) is 0.385. The average Bonchev–Trinajstić information content (AvgIpc) is 2.32. The molecule has 1 unspecified atom stereocenters. The van der Waals surface area contributed by atoms with E-state index in [1.54, 1.807) is 13.8 Å². The van der Waals surface area contributed by atoms with E-state index in [0.717, 1.165) is 6.07 Å². The van der Waals surface area contributed by atoms with Gasteiger partial charge in [-0.15, -0.1) is 0 Å². The SMILES string of the molecule is CCN(C(=O)c1ccc(Br)c(F)c1)C(C)CC(=O)O. The highest BCUT2D eigenvalue weighted by Crippen LogP contribution is 2.18. The molecule has 0 saturated carbocycles. The topological polar surface area (TPSA) is 57.6 Å². The minimum absolute atomic E-state index is 0.140. The molecule has 0 fully saturated rings. The highest BCUT2D eigenvalue weighted by molar-refractivity contribution is 9.10. The molecule has 1 amide bonds. The number of amides is 1. The summed E-state index contributed by atoms with van der Waals surface area (Å²) < 4.78 is 13.7.